The van der Waals surface area contributed by atoms with Gasteiger partial charge < -0.3 is 24.4 Å². The molecule has 166 valence electrons. The molecular formula is C24H31N2O5+. The number of carbonyl (C=O) groups excluding carboxylic acids is 2. The summed E-state index contributed by atoms with van der Waals surface area (Å²) in [4.78, 5) is 25.9. The van der Waals surface area contributed by atoms with E-state index in [0.717, 1.165) is 40.1 Å². The minimum absolute atomic E-state index is 0.0444. The van der Waals surface area contributed by atoms with Crippen LogP contribution in [0.2, 0.25) is 0 Å². The smallest absolute Gasteiger partial charge is 0.311 e. The van der Waals surface area contributed by atoms with Gasteiger partial charge >= 0.3 is 5.97 Å². The van der Waals surface area contributed by atoms with E-state index in [1.54, 1.807) is 14.2 Å². The number of nitrogens with one attached hydrogen (secondary N) is 2. The Labute approximate surface area is 183 Å². The molecule has 7 heteroatoms. The van der Waals surface area contributed by atoms with Gasteiger partial charge in [-0.1, -0.05) is 24.3 Å². The molecule has 1 aliphatic heterocycles. The van der Waals surface area contributed by atoms with E-state index >= 15 is 0 Å². The molecule has 0 fully saturated rings. The van der Waals surface area contributed by atoms with Gasteiger partial charge in [0.15, 0.2) is 18.0 Å². The number of carbonyl (C=O) groups is 2. The molecule has 0 saturated carbocycles. The fourth-order valence-corrected chi connectivity index (χ4v) is 4.15. The minimum Gasteiger partial charge on any atom is -0.493 e. The normalized spacial score (nSPS) is 17.4. The molecule has 1 amide bonds. The molecule has 0 radical (unpaired) electrons. The highest BCUT2D eigenvalue weighted by Crippen LogP contribution is 2.35. The summed E-state index contributed by atoms with van der Waals surface area (Å²) >= 11 is 0. The van der Waals surface area contributed by atoms with Crippen LogP contribution in [0, 0.1) is 6.92 Å². The van der Waals surface area contributed by atoms with Crippen molar-refractivity contribution in [3.63, 3.8) is 0 Å². The number of fused-ring (bicyclic) bond motifs is 1. The summed E-state index contributed by atoms with van der Waals surface area (Å²) in [5.41, 5.74) is 4.34. The Bertz CT molecular complexity index is 944. The lowest BCUT2D eigenvalue weighted by Crippen LogP contribution is -3.14. The molecule has 2 atom stereocenters. The number of rotatable bonds is 8. The topological polar surface area (TPSA) is 78.3 Å². The zero-order valence-electron chi connectivity index (χ0n) is 18.6. The predicted molar refractivity (Wildman–Crippen MR) is 116 cm³/mol. The first-order chi connectivity index (χ1) is 15.0. The number of ether oxygens (including phenoxy) is 3. The van der Waals surface area contributed by atoms with E-state index in [1.165, 1.54) is 7.11 Å². The van der Waals surface area contributed by atoms with Crippen LogP contribution in [-0.4, -0.2) is 46.3 Å². The lowest BCUT2D eigenvalue weighted by atomic mass is 9.90. The van der Waals surface area contributed by atoms with Gasteiger partial charge in [0.05, 0.1) is 27.9 Å². The average molecular weight is 428 g/mol. The summed E-state index contributed by atoms with van der Waals surface area (Å²) in [5.74, 6) is 0.932. The molecule has 0 aromatic heterocycles. The maximum atomic E-state index is 12.7. The molecule has 31 heavy (non-hydrogen) atoms. The van der Waals surface area contributed by atoms with E-state index in [9.17, 15) is 9.59 Å². The maximum Gasteiger partial charge on any atom is 0.311 e. The summed E-state index contributed by atoms with van der Waals surface area (Å²) in [5, 5.41) is 3.02. The van der Waals surface area contributed by atoms with E-state index in [1.807, 2.05) is 43.3 Å². The van der Waals surface area contributed by atoms with Crippen LogP contribution in [0.1, 0.15) is 34.7 Å². The van der Waals surface area contributed by atoms with Crippen LogP contribution in [0.5, 0.6) is 11.5 Å². The molecule has 7 nitrogen and oxygen atoms in total. The Kier molecular flexibility index (Phi) is 7.52. The third kappa shape index (κ3) is 5.35. The van der Waals surface area contributed by atoms with Gasteiger partial charge in [-0.25, -0.2) is 0 Å². The average Bonchev–Trinajstić information content (AvgIpc) is 2.78. The van der Waals surface area contributed by atoms with E-state index in [0.29, 0.717) is 18.0 Å². The molecule has 1 heterocycles. The van der Waals surface area contributed by atoms with Crippen LogP contribution in [0.4, 0.5) is 0 Å². The Morgan fingerprint density at radius 2 is 1.81 bits per heavy atom. The Hall–Kier alpha value is -3.06. The molecule has 0 aliphatic carbocycles. The number of methoxy groups -OCH3 is 3. The summed E-state index contributed by atoms with van der Waals surface area (Å²) in [6.45, 7) is 3.54. The predicted octanol–water partition coefficient (Wildman–Crippen LogP) is 1.37. The van der Waals surface area contributed by atoms with Crippen LogP contribution in [0.3, 0.4) is 0 Å². The highest BCUT2D eigenvalue weighted by atomic mass is 16.5. The van der Waals surface area contributed by atoms with E-state index < -0.39 is 0 Å². The van der Waals surface area contributed by atoms with Crippen molar-refractivity contribution in [2.24, 2.45) is 0 Å². The summed E-state index contributed by atoms with van der Waals surface area (Å²) < 4.78 is 15.8. The molecule has 0 spiro atoms. The number of amides is 1. The van der Waals surface area contributed by atoms with Crippen molar-refractivity contribution in [2.75, 3.05) is 34.4 Å². The molecule has 0 saturated heterocycles. The molecular weight excluding hydrogens is 396 g/mol. The molecule has 1 unspecified atom stereocenters. The minimum atomic E-state index is -0.301. The largest absolute Gasteiger partial charge is 0.493 e. The lowest BCUT2D eigenvalue weighted by Gasteiger charge is -2.34. The van der Waals surface area contributed by atoms with Crippen LogP contribution in [-0.2, 0) is 27.3 Å². The van der Waals surface area contributed by atoms with Gasteiger partial charge in [0.25, 0.3) is 5.91 Å². The lowest BCUT2D eigenvalue weighted by molar-refractivity contribution is -0.925. The first-order valence-electron chi connectivity index (χ1n) is 10.4. The highest BCUT2D eigenvalue weighted by Gasteiger charge is 2.35. The van der Waals surface area contributed by atoms with E-state index in [4.69, 9.17) is 14.2 Å². The van der Waals surface area contributed by atoms with Crippen LogP contribution in [0.15, 0.2) is 36.4 Å². The van der Waals surface area contributed by atoms with Gasteiger partial charge in [0.1, 0.15) is 12.5 Å². The van der Waals surface area contributed by atoms with Crippen molar-refractivity contribution in [3.05, 3.63) is 58.7 Å². The highest BCUT2D eigenvalue weighted by molar-refractivity contribution is 5.77. The van der Waals surface area contributed by atoms with Crippen molar-refractivity contribution < 1.29 is 28.7 Å². The number of hydrogen-bond donors (Lipinski definition) is 2. The van der Waals surface area contributed by atoms with Gasteiger partial charge in [-0.2, -0.15) is 0 Å². The summed E-state index contributed by atoms with van der Waals surface area (Å²) in [7, 11) is 4.58. The molecule has 1 aliphatic rings. The Morgan fingerprint density at radius 1 is 1.10 bits per heavy atom. The van der Waals surface area contributed by atoms with Gasteiger partial charge in [-0.15, -0.1) is 0 Å². The quantitative estimate of drug-likeness (QED) is 0.623. The summed E-state index contributed by atoms with van der Waals surface area (Å²) in [6, 6.07) is 11.7. The van der Waals surface area contributed by atoms with Gasteiger partial charge in [0.2, 0.25) is 0 Å². The van der Waals surface area contributed by atoms with Gasteiger partial charge in [-0.3, -0.25) is 9.59 Å². The SMILES string of the molecule is COC(=O)C[C@H]1c2cc(OC)c(OC)cc2CC[NH+]1CC(=O)NCc1ccccc1C. The van der Waals surface area contributed by atoms with Crippen LogP contribution >= 0.6 is 0 Å². The van der Waals surface area contributed by atoms with Crippen molar-refractivity contribution in [2.45, 2.75) is 32.4 Å². The zero-order chi connectivity index (χ0) is 22.4. The second-order valence-corrected chi connectivity index (χ2v) is 7.78. The Balaban J connectivity index is 1.78. The first-order valence-corrected chi connectivity index (χ1v) is 10.4. The van der Waals surface area contributed by atoms with E-state index in [2.05, 4.69) is 5.32 Å². The van der Waals surface area contributed by atoms with E-state index in [-0.39, 0.29) is 30.9 Å². The zero-order valence-corrected chi connectivity index (χ0v) is 18.6. The number of quaternary nitrogens is 1. The fourth-order valence-electron chi connectivity index (χ4n) is 4.15. The second-order valence-electron chi connectivity index (χ2n) is 7.78. The third-order valence-electron chi connectivity index (χ3n) is 5.95. The number of benzene rings is 2. The maximum absolute atomic E-state index is 12.7. The van der Waals surface area contributed by atoms with Gasteiger partial charge in [0, 0.05) is 18.5 Å². The molecule has 0 bridgehead atoms. The first kappa shape index (κ1) is 22.6. The van der Waals surface area contributed by atoms with Crippen LogP contribution < -0.4 is 19.7 Å². The standard InChI is InChI=1S/C24H30N2O5/c1-16-7-5-6-8-18(16)14-25-23(27)15-26-10-9-17-11-21(29-2)22(30-3)12-19(17)20(26)13-24(28)31-4/h5-8,11-12,20H,9-10,13-15H2,1-4H3,(H,25,27)/p+1/t20-/m0/s1. The monoisotopic (exact) mass is 427 g/mol. The Morgan fingerprint density at radius 3 is 2.48 bits per heavy atom. The van der Waals surface area contributed by atoms with Crippen molar-refractivity contribution in [1.29, 1.82) is 0 Å². The fraction of sp³-hybridized carbons (Fsp3) is 0.417. The number of esters is 1. The van der Waals surface area contributed by atoms with Crippen LogP contribution in [0.25, 0.3) is 0 Å². The van der Waals surface area contributed by atoms with Gasteiger partial charge in [-0.05, 0) is 35.7 Å². The number of aryl methyl sites for hydroxylation is 1. The molecule has 3 rings (SSSR count). The molecule has 2 aromatic carbocycles. The second kappa shape index (κ2) is 10.3. The van der Waals surface area contributed by atoms with Crippen molar-refractivity contribution in [1.82, 2.24) is 5.32 Å². The molecule has 2 N–H and O–H groups in total. The summed E-state index contributed by atoms with van der Waals surface area (Å²) in [6.07, 6.45) is 0.979. The number of hydrogen-bond acceptors (Lipinski definition) is 5. The van der Waals surface area contributed by atoms with Crippen molar-refractivity contribution >= 4 is 11.9 Å². The van der Waals surface area contributed by atoms with Crippen molar-refractivity contribution in [3.8, 4) is 11.5 Å². The molecule has 2 aromatic rings. The third-order valence-corrected chi connectivity index (χ3v) is 5.95.